The van der Waals surface area contributed by atoms with Crippen molar-refractivity contribution in [3.8, 4) is 0 Å². The SMILES string of the molecule is Cc1cc(C)n2nc(SCC(=O)NCCN3C(=O)SC(=Cc4ccccc4F)C3=O)nc2n1. The van der Waals surface area contributed by atoms with E-state index in [9.17, 15) is 18.8 Å². The Kier molecular flexibility index (Phi) is 6.75. The number of fused-ring (bicyclic) bond motifs is 1. The second kappa shape index (κ2) is 9.71. The fourth-order valence-electron chi connectivity index (χ4n) is 3.12. The zero-order chi connectivity index (χ0) is 23.5. The Morgan fingerprint density at radius 2 is 2.03 bits per heavy atom. The molecule has 1 saturated heterocycles. The van der Waals surface area contributed by atoms with Crippen molar-refractivity contribution in [2.45, 2.75) is 19.0 Å². The van der Waals surface area contributed by atoms with Crippen LogP contribution in [0.1, 0.15) is 17.0 Å². The van der Waals surface area contributed by atoms with Crippen LogP contribution in [0.15, 0.2) is 40.4 Å². The van der Waals surface area contributed by atoms with Gasteiger partial charge in [-0.05, 0) is 43.8 Å². The van der Waals surface area contributed by atoms with Gasteiger partial charge >= 0.3 is 0 Å². The smallest absolute Gasteiger partial charge is 0.293 e. The van der Waals surface area contributed by atoms with Gasteiger partial charge in [0.2, 0.25) is 11.1 Å². The van der Waals surface area contributed by atoms with Crippen LogP contribution >= 0.6 is 23.5 Å². The Labute approximate surface area is 196 Å². The lowest BCUT2D eigenvalue weighted by molar-refractivity contribution is -0.123. The Morgan fingerprint density at radius 1 is 1.24 bits per heavy atom. The molecule has 2 aromatic heterocycles. The highest BCUT2D eigenvalue weighted by molar-refractivity contribution is 8.18. The van der Waals surface area contributed by atoms with E-state index in [0.29, 0.717) is 10.9 Å². The number of nitrogens with one attached hydrogen (secondary N) is 1. The van der Waals surface area contributed by atoms with E-state index in [-0.39, 0.29) is 35.2 Å². The predicted octanol–water partition coefficient (Wildman–Crippen LogP) is 2.83. The summed E-state index contributed by atoms with van der Waals surface area (Å²) < 4.78 is 15.4. The van der Waals surface area contributed by atoms with Crippen LogP contribution in [0, 0.1) is 19.7 Å². The highest BCUT2D eigenvalue weighted by atomic mass is 32.2. The molecule has 1 N–H and O–H groups in total. The molecular weight excluding hydrogens is 467 g/mol. The van der Waals surface area contributed by atoms with Gasteiger partial charge in [-0.15, -0.1) is 5.10 Å². The zero-order valence-corrected chi connectivity index (χ0v) is 19.4. The van der Waals surface area contributed by atoms with Crippen molar-refractivity contribution in [2.75, 3.05) is 18.8 Å². The number of halogens is 1. The summed E-state index contributed by atoms with van der Waals surface area (Å²) >= 11 is 1.91. The van der Waals surface area contributed by atoms with Crippen LogP contribution in [0.5, 0.6) is 0 Å². The topological polar surface area (TPSA) is 110 Å². The average molecular weight is 487 g/mol. The molecule has 3 aromatic rings. The maximum absolute atomic E-state index is 13.8. The maximum Gasteiger partial charge on any atom is 0.293 e. The minimum absolute atomic E-state index is 0.0185. The summed E-state index contributed by atoms with van der Waals surface area (Å²) in [6.07, 6.45) is 1.36. The standard InChI is InChI=1S/C21H19FN6O3S2/c1-12-9-13(2)28-19(24-12)25-20(26-28)32-11-17(29)23-7-8-27-18(30)16(33-21(27)31)10-14-5-3-4-6-15(14)22/h3-6,9-10H,7-8,11H2,1-2H3,(H,23,29). The summed E-state index contributed by atoms with van der Waals surface area (Å²) in [5, 5.41) is 6.97. The number of rotatable bonds is 7. The first-order valence-corrected chi connectivity index (χ1v) is 11.7. The van der Waals surface area contributed by atoms with E-state index >= 15 is 0 Å². The highest BCUT2D eigenvalue weighted by Crippen LogP contribution is 2.32. The number of carbonyl (C=O) groups is 3. The van der Waals surface area contributed by atoms with Crippen molar-refractivity contribution < 1.29 is 18.8 Å². The van der Waals surface area contributed by atoms with E-state index in [1.807, 2.05) is 19.9 Å². The molecule has 0 spiro atoms. The molecule has 0 aliphatic carbocycles. The van der Waals surface area contributed by atoms with Crippen LogP contribution in [0.4, 0.5) is 9.18 Å². The van der Waals surface area contributed by atoms with E-state index in [1.54, 1.807) is 16.6 Å². The predicted molar refractivity (Wildman–Crippen MR) is 123 cm³/mol. The first-order valence-electron chi connectivity index (χ1n) is 9.92. The Bertz CT molecular complexity index is 1290. The van der Waals surface area contributed by atoms with Crippen molar-refractivity contribution in [1.29, 1.82) is 0 Å². The van der Waals surface area contributed by atoms with Crippen molar-refractivity contribution in [2.24, 2.45) is 0 Å². The molecule has 1 aromatic carbocycles. The third kappa shape index (κ3) is 5.22. The second-order valence-corrected chi connectivity index (χ2v) is 9.07. The number of nitrogens with zero attached hydrogens (tertiary/aromatic N) is 5. The van der Waals surface area contributed by atoms with Gasteiger partial charge in [0.05, 0.1) is 10.7 Å². The van der Waals surface area contributed by atoms with Gasteiger partial charge in [-0.1, -0.05) is 30.0 Å². The minimum atomic E-state index is -0.510. The summed E-state index contributed by atoms with van der Waals surface area (Å²) in [5.74, 6) is -0.727. The van der Waals surface area contributed by atoms with Crippen LogP contribution in [-0.2, 0) is 9.59 Å². The molecule has 33 heavy (non-hydrogen) atoms. The molecule has 170 valence electrons. The Balaban J connectivity index is 1.28. The first-order chi connectivity index (χ1) is 15.8. The third-order valence-corrected chi connectivity index (χ3v) is 6.40. The Hall–Kier alpha value is -3.25. The number of amides is 3. The normalized spacial score (nSPS) is 15.1. The fourth-order valence-corrected chi connectivity index (χ4v) is 4.63. The molecule has 0 atom stereocenters. The molecule has 9 nitrogen and oxygen atoms in total. The van der Waals surface area contributed by atoms with Crippen LogP contribution in [-0.4, -0.2) is 60.4 Å². The van der Waals surface area contributed by atoms with Crippen molar-refractivity contribution >= 4 is 52.4 Å². The van der Waals surface area contributed by atoms with Gasteiger partial charge in [0.25, 0.3) is 16.9 Å². The number of hydrogen-bond acceptors (Lipinski definition) is 8. The number of hydrogen-bond donors (Lipinski definition) is 1. The summed E-state index contributed by atoms with van der Waals surface area (Å²) in [5.41, 5.74) is 1.95. The van der Waals surface area contributed by atoms with Crippen molar-refractivity contribution in [1.82, 2.24) is 29.8 Å². The van der Waals surface area contributed by atoms with Gasteiger partial charge in [0.15, 0.2) is 0 Å². The summed E-state index contributed by atoms with van der Waals surface area (Å²) in [6, 6.07) is 7.89. The molecule has 1 aliphatic rings. The molecule has 0 radical (unpaired) electrons. The molecule has 1 fully saturated rings. The maximum atomic E-state index is 13.8. The molecule has 0 unspecified atom stereocenters. The third-order valence-electron chi connectivity index (χ3n) is 4.65. The van der Waals surface area contributed by atoms with Gasteiger partial charge in [-0.2, -0.15) is 4.98 Å². The molecule has 12 heteroatoms. The van der Waals surface area contributed by atoms with E-state index in [0.717, 1.165) is 39.8 Å². The van der Waals surface area contributed by atoms with Crippen LogP contribution in [0.3, 0.4) is 0 Å². The number of imide groups is 1. The largest absolute Gasteiger partial charge is 0.354 e. The van der Waals surface area contributed by atoms with Crippen LogP contribution < -0.4 is 5.32 Å². The number of thioether (sulfide) groups is 2. The molecule has 1 aliphatic heterocycles. The summed E-state index contributed by atoms with van der Waals surface area (Å²) in [7, 11) is 0. The number of aryl methyl sites for hydroxylation is 2. The first kappa shape index (κ1) is 22.9. The molecule has 0 saturated carbocycles. The molecule has 3 heterocycles. The van der Waals surface area contributed by atoms with Crippen molar-refractivity contribution in [3.05, 3.63) is 58.0 Å². The molecule has 3 amide bonds. The second-order valence-electron chi connectivity index (χ2n) is 7.14. The lowest BCUT2D eigenvalue weighted by Gasteiger charge is -2.12. The van der Waals surface area contributed by atoms with Crippen LogP contribution in [0.25, 0.3) is 11.9 Å². The lowest BCUT2D eigenvalue weighted by Crippen LogP contribution is -2.37. The van der Waals surface area contributed by atoms with Gasteiger partial charge in [0.1, 0.15) is 5.82 Å². The van der Waals surface area contributed by atoms with E-state index < -0.39 is 17.0 Å². The summed E-state index contributed by atoms with van der Waals surface area (Å²) in [6.45, 7) is 3.89. The van der Waals surface area contributed by atoms with E-state index in [4.69, 9.17) is 0 Å². The fraction of sp³-hybridized carbons (Fsp3) is 0.238. The quantitative estimate of drug-likeness (QED) is 0.401. The molecular formula is C21H19FN6O3S2. The molecule has 4 rings (SSSR count). The van der Waals surface area contributed by atoms with Gasteiger partial charge in [-0.3, -0.25) is 19.3 Å². The van der Waals surface area contributed by atoms with Crippen LogP contribution in [0.2, 0.25) is 0 Å². The highest BCUT2D eigenvalue weighted by Gasteiger charge is 2.34. The Morgan fingerprint density at radius 3 is 2.82 bits per heavy atom. The number of aromatic nitrogens is 4. The number of carbonyl (C=O) groups excluding carboxylic acids is 3. The van der Waals surface area contributed by atoms with Crippen molar-refractivity contribution in [3.63, 3.8) is 0 Å². The van der Waals surface area contributed by atoms with Gasteiger partial charge in [0, 0.05) is 30.0 Å². The molecule has 0 bridgehead atoms. The minimum Gasteiger partial charge on any atom is -0.354 e. The van der Waals surface area contributed by atoms with Gasteiger partial charge < -0.3 is 5.32 Å². The van der Waals surface area contributed by atoms with E-state index in [2.05, 4.69) is 20.4 Å². The summed E-state index contributed by atoms with van der Waals surface area (Å²) in [4.78, 5) is 46.7. The van der Waals surface area contributed by atoms with E-state index in [1.165, 1.54) is 18.2 Å². The number of benzene rings is 1. The lowest BCUT2D eigenvalue weighted by atomic mass is 10.2. The van der Waals surface area contributed by atoms with Gasteiger partial charge in [-0.25, -0.2) is 13.9 Å². The average Bonchev–Trinajstić information content (AvgIpc) is 3.29. The monoisotopic (exact) mass is 486 g/mol. The zero-order valence-electron chi connectivity index (χ0n) is 17.7.